The molecule has 19 nitrogen and oxygen atoms in total. The number of halogens is 1. The summed E-state index contributed by atoms with van der Waals surface area (Å²) in [7, 11) is 0. The lowest BCUT2D eigenvalue weighted by Crippen LogP contribution is -2.49. The fraction of sp³-hybridized carbons (Fsp3) is 0.386. The first kappa shape index (κ1) is 43.9. The Balaban J connectivity index is 0.000000153. The molecular weight excluding hydrogens is 826 g/mol. The number of aryl methyl sites for hydroxylation is 3. The van der Waals surface area contributed by atoms with Crippen molar-refractivity contribution in [1.82, 2.24) is 63.3 Å². The molecule has 0 radical (unpaired) electrons. The molecule has 0 amide bonds. The summed E-state index contributed by atoms with van der Waals surface area (Å²) in [6.07, 6.45) is 13.2. The second-order valence-electron chi connectivity index (χ2n) is 15.9. The molecule has 0 aliphatic carbocycles. The van der Waals surface area contributed by atoms with Gasteiger partial charge in [0.05, 0.1) is 74.2 Å². The second kappa shape index (κ2) is 19.8. The third-order valence-electron chi connectivity index (χ3n) is 11.4. The number of nitrogens with one attached hydrogen (secondary N) is 1. The highest BCUT2D eigenvalue weighted by Crippen LogP contribution is 2.37. The third-order valence-corrected chi connectivity index (χ3v) is 11.4. The molecule has 3 saturated heterocycles. The summed E-state index contributed by atoms with van der Waals surface area (Å²) in [4.78, 5) is 50.6. The molecule has 4 unspecified atom stereocenters. The molecule has 64 heavy (non-hydrogen) atoms. The van der Waals surface area contributed by atoms with E-state index in [0.29, 0.717) is 60.5 Å². The average Bonchev–Trinajstić information content (AvgIpc) is 3.84. The minimum absolute atomic E-state index is 0.0888. The van der Waals surface area contributed by atoms with Crippen molar-refractivity contribution in [3.8, 4) is 17.1 Å². The van der Waals surface area contributed by atoms with Gasteiger partial charge in [-0.1, -0.05) is 18.2 Å². The van der Waals surface area contributed by atoms with Crippen molar-refractivity contribution in [2.75, 3.05) is 13.2 Å². The lowest BCUT2D eigenvalue weighted by atomic mass is 9.99. The quantitative estimate of drug-likeness (QED) is 0.169. The number of fused-ring (bicyclic) bond motifs is 2. The largest absolute Gasteiger partial charge is 0.390 e. The van der Waals surface area contributed by atoms with Crippen molar-refractivity contribution in [2.45, 2.75) is 96.5 Å². The Labute approximate surface area is 366 Å². The lowest BCUT2D eigenvalue weighted by molar-refractivity contribution is -0.0408. The van der Waals surface area contributed by atoms with Crippen LogP contribution in [0.4, 0.5) is 4.39 Å². The van der Waals surface area contributed by atoms with Crippen LogP contribution in [0.2, 0.25) is 0 Å². The van der Waals surface area contributed by atoms with E-state index in [1.54, 1.807) is 105 Å². The number of hydrogen-bond donors (Lipinski definition) is 2. The fourth-order valence-electron chi connectivity index (χ4n) is 8.35. The van der Waals surface area contributed by atoms with Crippen molar-refractivity contribution in [3.63, 3.8) is 0 Å². The van der Waals surface area contributed by atoms with Crippen LogP contribution in [0.1, 0.15) is 48.7 Å². The smallest absolute Gasteiger partial charge is 0.350 e. The Hall–Kier alpha value is -6.74. The number of rotatable bonds is 12. The van der Waals surface area contributed by atoms with Crippen molar-refractivity contribution in [2.24, 2.45) is 0 Å². The third kappa shape index (κ3) is 10.2. The standard InChI is InChI=1S/C25H30FN5O3.C11H12N4O2.C8H8N4O/c1-17-28-30(25(33)31(17)21-6-4-10-27-13-21)15-22(32)14-29-19-8-9-20(29)12-23(11-19)34-16-18-5-2-3-7-24(18)26;1-8-13-14(6-10-7-17-10)11(16)15(8)9-3-2-4-12-5-9;1-6-10-11-8(13)12(6)7-3-2-4-9-5-7/h2-7,10,13,19-20,22-23,32H,8-9,11-12,14-16H2,1H3;2-5,10H,6-7H2,1H3;2-5H,1H3,(H,11,13). The summed E-state index contributed by atoms with van der Waals surface area (Å²) in [5.41, 5.74) is 2.02. The second-order valence-corrected chi connectivity index (χ2v) is 15.9. The predicted molar refractivity (Wildman–Crippen MR) is 231 cm³/mol. The van der Waals surface area contributed by atoms with E-state index in [-0.39, 0.29) is 48.2 Å². The van der Waals surface area contributed by atoms with Gasteiger partial charge in [-0.15, -0.1) is 0 Å². The first-order valence-corrected chi connectivity index (χ1v) is 21.1. The fourth-order valence-corrected chi connectivity index (χ4v) is 8.35. The maximum atomic E-state index is 13.9. The molecule has 0 spiro atoms. The van der Waals surface area contributed by atoms with E-state index in [4.69, 9.17) is 9.47 Å². The molecule has 9 heterocycles. The van der Waals surface area contributed by atoms with Gasteiger partial charge in [0, 0.05) is 42.8 Å². The van der Waals surface area contributed by atoms with Crippen LogP contribution >= 0.6 is 0 Å². The van der Waals surface area contributed by atoms with Gasteiger partial charge in [-0.2, -0.15) is 15.3 Å². The summed E-state index contributed by atoms with van der Waals surface area (Å²) in [5.74, 6) is 1.60. The maximum absolute atomic E-state index is 13.9. The average molecular weight is 876 g/mol. The number of aromatic amines is 1. The summed E-state index contributed by atoms with van der Waals surface area (Å²) in [6.45, 7) is 7.46. The molecule has 20 heteroatoms. The van der Waals surface area contributed by atoms with E-state index in [1.165, 1.54) is 24.6 Å². The molecule has 10 rings (SSSR count). The maximum Gasteiger partial charge on any atom is 0.350 e. The SMILES string of the molecule is Cc1n[nH]c(=O)n1-c1cccnc1.Cc1nn(CC(O)CN2C3CCC2CC(OCc2ccccc2F)C3)c(=O)n1-c1cccnc1.Cc1nn(CC2CO2)c(=O)n1-c1cccnc1. The Bertz CT molecular complexity index is 2790. The van der Waals surface area contributed by atoms with E-state index in [1.807, 2.05) is 12.1 Å². The molecule has 2 N–H and O–H groups in total. The lowest BCUT2D eigenvalue weighted by Gasteiger charge is -2.39. The monoisotopic (exact) mass is 875 g/mol. The number of epoxide rings is 1. The summed E-state index contributed by atoms with van der Waals surface area (Å²) in [5, 5.41) is 25.6. The van der Waals surface area contributed by atoms with Crippen LogP contribution in [0.15, 0.2) is 112 Å². The molecule has 1 aromatic carbocycles. The van der Waals surface area contributed by atoms with E-state index in [9.17, 15) is 23.9 Å². The van der Waals surface area contributed by atoms with Gasteiger partial charge in [0.15, 0.2) is 0 Å². The van der Waals surface area contributed by atoms with Crippen molar-refractivity contribution >= 4 is 0 Å². The Kier molecular flexibility index (Phi) is 13.5. The Morgan fingerprint density at radius 3 is 1.81 bits per heavy atom. The minimum atomic E-state index is -0.715. The normalized spacial score (nSPS) is 19.3. The van der Waals surface area contributed by atoms with Gasteiger partial charge in [-0.3, -0.25) is 19.9 Å². The van der Waals surface area contributed by atoms with E-state index in [2.05, 4.69) is 40.2 Å². The van der Waals surface area contributed by atoms with E-state index >= 15 is 0 Å². The number of hydrogen-bond acceptors (Lipinski definition) is 13. The predicted octanol–water partition coefficient (Wildman–Crippen LogP) is 2.85. The van der Waals surface area contributed by atoms with Gasteiger partial charge in [0.1, 0.15) is 29.4 Å². The van der Waals surface area contributed by atoms with Crippen molar-refractivity contribution in [1.29, 1.82) is 0 Å². The number of piperidine rings is 1. The summed E-state index contributed by atoms with van der Waals surface area (Å²) in [6, 6.07) is 18.1. The zero-order chi connectivity index (χ0) is 44.7. The highest BCUT2D eigenvalue weighted by atomic mass is 19.1. The molecule has 334 valence electrons. The topological polar surface area (TPSA) is 214 Å². The first-order chi connectivity index (χ1) is 31.0. The minimum Gasteiger partial charge on any atom is -0.390 e. The van der Waals surface area contributed by atoms with Crippen LogP contribution < -0.4 is 17.1 Å². The summed E-state index contributed by atoms with van der Waals surface area (Å²) >= 11 is 0. The number of H-pyrrole nitrogens is 1. The molecule has 0 saturated carbocycles. The van der Waals surface area contributed by atoms with Crippen LogP contribution in [0.5, 0.6) is 0 Å². The van der Waals surface area contributed by atoms with E-state index in [0.717, 1.165) is 37.1 Å². The molecule has 3 aliphatic rings. The number of aliphatic hydroxyl groups is 1. The van der Waals surface area contributed by atoms with Crippen LogP contribution in [0.3, 0.4) is 0 Å². The van der Waals surface area contributed by atoms with Gasteiger partial charge in [0.25, 0.3) is 0 Å². The number of pyridine rings is 3. The molecule has 2 bridgehead atoms. The molecule has 3 aliphatic heterocycles. The molecular formula is C44H50FN13O6. The van der Waals surface area contributed by atoms with Crippen molar-refractivity contribution in [3.05, 3.63) is 158 Å². The van der Waals surface area contributed by atoms with Crippen LogP contribution in [-0.4, -0.2) is 112 Å². The number of benzene rings is 1. The van der Waals surface area contributed by atoms with Gasteiger partial charge >= 0.3 is 17.1 Å². The summed E-state index contributed by atoms with van der Waals surface area (Å²) < 4.78 is 32.4. The van der Waals surface area contributed by atoms with Crippen molar-refractivity contribution < 1.29 is 19.0 Å². The number of aliphatic hydroxyl groups excluding tert-OH is 1. The van der Waals surface area contributed by atoms with Crippen LogP contribution in [-0.2, 0) is 29.2 Å². The van der Waals surface area contributed by atoms with Crippen LogP contribution in [0, 0.1) is 26.6 Å². The molecule has 4 atom stereocenters. The van der Waals surface area contributed by atoms with Gasteiger partial charge < -0.3 is 14.6 Å². The highest BCUT2D eigenvalue weighted by Gasteiger charge is 2.41. The van der Waals surface area contributed by atoms with E-state index < -0.39 is 6.10 Å². The first-order valence-electron chi connectivity index (χ1n) is 21.1. The molecule has 6 aromatic heterocycles. The van der Waals surface area contributed by atoms with Gasteiger partial charge in [0.2, 0.25) is 0 Å². The highest BCUT2D eigenvalue weighted by molar-refractivity contribution is 5.30. The number of aromatic nitrogens is 12. The number of ether oxygens (including phenoxy) is 2. The van der Waals surface area contributed by atoms with Gasteiger partial charge in [-0.25, -0.2) is 46.9 Å². The van der Waals surface area contributed by atoms with Gasteiger partial charge in [-0.05, 0) is 88.9 Å². The van der Waals surface area contributed by atoms with Crippen LogP contribution in [0.25, 0.3) is 17.1 Å². The Morgan fingerprint density at radius 2 is 1.30 bits per heavy atom. The molecule has 3 fully saturated rings. The number of nitrogens with zero attached hydrogens (tertiary/aromatic N) is 12. The zero-order valence-electron chi connectivity index (χ0n) is 35.7. The Morgan fingerprint density at radius 1 is 0.750 bits per heavy atom. The molecule has 7 aromatic rings. The zero-order valence-corrected chi connectivity index (χ0v) is 35.7.